The van der Waals surface area contributed by atoms with Crippen molar-refractivity contribution in [2.75, 3.05) is 14.2 Å². The molecule has 0 aliphatic rings. The molecule has 2 unspecified atom stereocenters. The number of carbonyl (C=O) groups excluding carboxylic acids is 1. The monoisotopic (exact) mass is 328 g/mol. The van der Waals surface area contributed by atoms with Crippen LogP contribution in [0.1, 0.15) is 35.7 Å². The maximum Gasteiger partial charge on any atom is 0.241 e. The minimum Gasteiger partial charge on any atom is -0.493 e. The van der Waals surface area contributed by atoms with Crippen molar-refractivity contribution in [3.63, 3.8) is 0 Å². The van der Waals surface area contributed by atoms with E-state index in [4.69, 9.17) is 15.2 Å². The Bertz CT molecular complexity index is 701. The lowest BCUT2D eigenvalue weighted by molar-refractivity contribution is -0.123. The van der Waals surface area contributed by atoms with Gasteiger partial charge >= 0.3 is 0 Å². The second-order valence-corrected chi connectivity index (χ2v) is 5.68. The van der Waals surface area contributed by atoms with Crippen molar-refractivity contribution in [3.05, 3.63) is 59.2 Å². The zero-order valence-corrected chi connectivity index (χ0v) is 14.5. The third-order valence-electron chi connectivity index (χ3n) is 4.04. The molecule has 0 aliphatic heterocycles. The Morgan fingerprint density at radius 2 is 1.67 bits per heavy atom. The van der Waals surface area contributed by atoms with Crippen molar-refractivity contribution in [2.24, 2.45) is 5.73 Å². The van der Waals surface area contributed by atoms with E-state index in [0.717, 1.165) is 16.7 Å². The third-order valence-corrected chi connectivity index (χ3v) is 4.04. The quantitative estimate of drug-likeness (QED) is 0.855. The fraction of sp³-hybridized carbons (Fsp3) is 0.316. The summed E-state index contributed by atoms with van der Waals surface area (Å²) in [6.45, 7) is 3.89. The number of rotatable bonds is 6. The number of nitrogens with one attached hydrogen (secondary N) is 1. The lowest BCUT2D eigenvalue weighted by Gasteiger charge is -2.21. The first-order valence-corrected chi connectivity index (χ1v) is 7.81. The summed E-state index contributed by atoms with van der Waals surface area (Å²) >= 11 is 0. The predicted octanol–water partition coefficient (Wildman–Crippen LogP) is 2.89. The van der Waals surface area contributed by atoms with E-state index in [2.05, 4.69) is 5.32 Å². The first-order chi connectivity index (χ1) is 11.5. The highest BCUT2D eigenvalue weighted by Gasteiger charge is 2.20. The van der Waals surface area contributed by atoms with Crippen LogP contribution in [0.5, 0.6) is 11.5 Å². The number of hydrogen-bond acceptors (Lipinski definition) is 4. The number of benzene rings is 2. The van der Waals surface area contributed by atoms with Gasteiger partial charge < -0.3 is 20.5 Å². The molecular formula is C19H24N2O3. The molecule has 0 aromatic heterocycles. The normalized spacial score (nSPS) is 13.0. The van der Waals surface area contributed by atoms with Crippen LogP contribution in [0.4, 0.5) is 0 Å². The molecule has 128 valence electrons. The van der Waals surface area contributed by atoms with Gasteiger partial charge in [0.15, 0.2) is 11.5 Å². The fourth-order valence-electron chi connectivity index (χ4n) is 2.66. The van der Waals surface area contributed by atoms with E-state index in [-0.39, 0.29) is 11.9 Å². The molecular weight excluding hydrogens is 304 g/mol. The number of amides is 1. The molecule has 2 aromatic carbocycles. The zero-order chi connectivity index (χ0) is 17.7. The van der Waals surface area contributed by atoms with Gasteiger partial charge in [0.1, 0.15) is 6.04 Å². The molecule has 0 aliphatic carbocycles. The Morgan fingerprint density at radius 1 is 1.08 bits per heavy atom. The average Bonchev–Trinajstić information content (AvgIpc) is 2.61. The maximum atomic E-state index is 12.4. The Balaban J connectivity index is 2.17. The van der Waals surface area contributed by atoms with Gasteiger partial charge in [-0.25, -0.2) is 0 Å². The van der Waals surface area contributed by atoms with Crippen LogP contribution in [0.25, 0.3) is 0 Å². The van der Waals surface area contributed by atoms with Gasteiger partial charge in [0.2, 0.25) is 5.91 Å². The maximum absolute atomic E-state index is 12.4. The lowest BCUT2D eigenvalue weighted by atomic mass is 10.0. The van der Waals surface area contributed by atoms with Crippen LogP contribution in [0, 0.1) is 6.92 Å². The minimum absolute atomic E-state index is 0.202. The summed E-state index contributed by atoms with van der Waals surface area (Å²) in [7, 11) is 3.19. The van der Waals surface area contributed by atoms with Crippen LogP contribution in [-0.4, -0.2) is 20.1 Å². The van der Waals surface area contributed by atoms with Gasteiger partial charge in [0.05, 0.1) is 20.3 Å². The molecule has 2 rings (SSSR count). The van der Waals surface area contributed by atoms with Crippen LogP contribution in [-0.2, 0) is 4.79 Å². The number of hydrogen-bond donors (Lipinski definition) is 2. The molecule has 5 heteroatoms. The third kappa shape index (κ3) is 3.86. The van der Waals surface area contributed by atoms with E-state index in [1.165, 1.54) is 0 Å². The van der Waals surface area contributed by atoms with Crippen molar-refractivity contribution in [3.8, 4) is 11.5 Å². The minimum atomic E-state index is -0.700. The number of aryl methyl sites for hydroxylation is 1. The van der Waals surface area contributed by atoms with E-state index < -0.39 is 6.04 Å². The van der Waals surface area contributed by atoms with Gasteiger partial charge in [-0.15, -0.1) is 0 Å². The summed E-state index contributed by atoms with van der Waals surface area (Å²) in [6, 6.07) is 12.2. The van der Waals surface area contributed by atoms with Gasteiger partial charge in [-0.2, -0.15) is 0 Å². The highest BCUT2D eigenvalue weighted by molar-refractivity contribution is 5.83. The molecule has 1 amide bonds. The molecule has 0 heterocycles. The largest absolute Gasteiger partial charge is 0.493 e. The highest BCUT2D eigenvalue weighted by Crippen LogP contribution is 2.33. The first-order valence-electron chi connectivity index (χ1n) is 7.81. The summed E-state index contributed by atoms with van der Waals surface area (Å²) in [5, 5.41) is 2.96. The van der Waals surface area contributed by atoms with Gasteiger partial charge in [-0.1, -0.05) is 30.3 Å². The van der Waals surface area contributed by atoms with Gasteiger partial charge in [0, 0.05) is 0 Å². The van der Waals surface area contributed by atoms with E-state index in [1.54, 1.807) is 14.2 Å². The topological polar surface area (TPSA) is 73.6 Å². The second-order valence-electron chi connectivity index (χ2n) is 5.68. The molecule has 0 bridgehead atoms. The van der Waals surface area contributed by atoms with Gasteiger partial charge in [-0.05, 0) is 42.7 Å². The standard InChI is InChI=1S/C19H24N2O3/c1-12-10-16(23-3)17(24-4)11-15(12)13(2)21-19(22)18(20)14-8-6-5-7-9-14/h5-11,13,18H,20H2,1-4H3,(H,21,22). The van der Waals surface area contributed by atoms with Crippen molar-refractivity contribution in [2.45, 2.75) is 25.9 Å². The highest BCUT2D eigenvalue weighted by atomic mass is 16.5. The van der Waals surface area contributed by atoms with E-state index in [0.29, 0.717) is 11.5 Å². The summed E-state index contributed by atoms with van der Waals surface area (Å²) < 4.78 is 10.6. The van der Waals surface area contributed by atoms with Crippen molar-refractivity contribution >= 4 is 5.91 Å². The molecule has 24 heavy (non-hydrogen) atoms. The summed E-state index contributed by atoms with van der Waals surface area (Å²) in [4.78, 5) is 12.4. The predicted molar refractivity (Wildman–Crippen MR) is 94.2 cm³/mol. The SMILES string of the molecule is COc1cc(C)c(C(C)NC(=O)C(N)c2ccccc2)cc1OC. The zero-order valence-electron chi connectivity index (χ0n) is 14.5. The molecule has 2 aromatic rings. The van der Waals surface area contributed by atoms with Crippen LogP contribution in [0.2, 0.25) is 0 Å². The molecule has 5 nitrogen and oxygen atoms in total. The average molecular weight is 328 g/mol. The first kappa shape index (κ1) is 17.8. The number of nitrogens with two attached hydrogens (primary N) is 1. The molecule has 3 N–H and O–H groups in total. The van der Waals surface area contributed by atoms with E-state index >= 15 is 0 Å². The van der Waals surface area contributed by atoms with Crippen molar-refractivity contribution < 1.29 is 14.3 Å². The van der Waals surface area contributed by atoms with Crippen LogP contribution >= 0.6 is 0 Å². The molecule has 0 saturated carbocycles. The summed E-state index contributed by atoms with van der Waals surface area (Å²) in [5.41, 5.74) is 8.80. The lowest BCUT2D eigenvalue weighted by Crippen LogP contribution is -2.35. The van der Waals surface area contributed by atoms with Crippen LogP contribution < -0.4 is 20.5 Å². The Morgan fingerprint density at radius 3 is 2.25 bits per heavy atom. The van der Waals surface area contributed by atoms with Crippen LogP contribution in [0.3, 0.4) is 0 Å². The Labute approximate surface area is 142 Å². The molecule has 0 saturated heterocycles. The number of methoxy groups -OCH3 is 2. The second kappa shape index (κ2) is 7.84. The summed E-state index contributed by atoms with van der Waals surface area (Å²) in [5.74, 6) is 1.08. The molecule has 0 radical (unpaired) electrons. The smallest absolute Gasteiger partial charge is 0.241 e. The fourth-order valence-corrected chi connectivity index (χ4v) is 2.66. The van der Waals surface area contributed by atoms with Crippen molar-refractivity contribution in [1.29, 1.82) is 0 Å². The number of ether oxygens (including phenoxy) is 2. The van der Waals surface area contributed by atoms with E-state index in [9.17, 15) is 4.79 Å². The molecule has 0 spiro atoms. The molecule has 2 atom stereocenters. The summed E-state index contributed by atoms with van der Waals surface area (Å²) in [6.07, 6.45) is 0. The van der Waals surface area contributed by atoms with Gasteiger partial charge in [0.25, 0.3) is 0 Å². The van der Waals surface area contributed by atoms with Crippen LogP contribution in [0.15, 0.2) is 42.5 Å². The van der Waals surface area contributed by atoms with Gasteiger partial charge in [-0.3, -0.25) is 4.79 Å². The Kier molecular flexibility index (Phi) is 5.82. The van der Waals surface area contributed by atoms with E-state index in [1.807, 2.05) is 56.3 Å². The molecule has 0 fully saturated rings. The van der Waals surface area contributed by atoms with Crippen molar-refractivity contribution in [1.82, 2.24) is 5.32 Å². The number of carbonyl (C=O) groups is 1. The Hall–Kier alpha value is -2.53.